The molecule has 4 nitrogen and oxygen atoms in total. The van der Waals surface area contributed by atoms with Crippen LogP contribution in [0.5, 0.6) is 0 Å². The summed E-state index contributed by atoms with van der Waals surface area (Å²) in [6.45, 7) is 3.93. The van der Waals surface area contributed by atoms with Gasteiger partial charge in [-0.15, -0.1) is 0 Å². The van der Waals surface area contributed by atoms with Gasteiger partial charge in [0, 0.05) is 11.8 Å². The van der Waals surface area contributed by atoms with Crippen LogP contribution in [-0.4, -0.2) is 19.0 Å². The molecule has 0 heterocycles. The number of anilines is 1. The van der Waals surface area contributed by atoms with Gasteiger partial charge in [0.15, 0.2) is 0 Å². The number of amides is 1. The van der Waals surface area contributed by atoms with Crippen molar-refractivity contribution in [3.8, 4) is 0 Å². The fraction of sp³-hybridized carbons (Fsp3) is 0.158. The van der Waals surface area contributed by atoms with E-state index in [-0.39, 0.29) is 11.9 Å². The molecule has 0 fully saturated rings. The molecule has 0 bridgehead atoms. The first kappa shape index (κ1) is 16.5. The second kappa shape index (κ2) is 7.40. The van der Waals surface area contributed by atoms with Crippen LogP contribution >= 0.6 is 0 Å². The summed E-state index contributed by atoms with van der Waals surface area (Å²) in [4.78, 5) is 23.3. The quantitative estimate of drug-likeness (QED) is 0.691. The number of carbonyl (C=O) groups excluding carboxylic acids is 2. The minimum atomic E-state index is -0.381. The van der Waals surface area contributed by atoms with Crippen LogP contribution in [0, 0.1) is 13.8 Å². The van der Waals surface area contributed by atoms with Crippen LogP contribution in [0.2, 0.25) is 0 Å². The summed E-state index contributed by atoms with van der Waals surface area (Å²) in [5.74, 6) is -0.580. The van der Waals surface area contributed by atoms with Crippen LogP contribution in [0.1, 0.15) is 27.0 Å². The molecule has 0 aromatic heterocycles. The van der Waals surface area contributed by atoms with Gasteiger partial charge in [-0.1, -0.05) is 24.3 Å². The fourth-order valence-corrected chi connectivity index (χ4v) is 2.06. The highest BCUT2D eigenvalue weighted by Crippen LogP contribution is 2.16. The molecule has 0 aliphatic rings. The molecule has 1 amide bonds. The first-order valence-corrected chi connectivity index (χ1v) is 7.24. The van der Waals surface area contributed by atoms with Gasteiger partial charge in [-0.25, -0.2) is 4.79 Å². The fourth-order valence-electron chi connectivity index (χ4n) is 2.06. The third kappa shape index (κ3) is 4.54. The van der Waals surface area contributed by atoms with E-state index >= 15 is 0 Å². The Balaban J connectivity index is 2.03. The van der Waals surface area contributed by atoms with Crippen molar-refractivity contribution in [2.75, 3.05) is 12.4 Å². The molecule has 0 aliphatic carbocycles. The lowest BCUT2D eigenvalue weighted by Gasteiger charge is -2.07. The lowest BCUT2D eigenvalue weighted by molar-refractivity contribution is -0.111. The van der Waals surface area contributed by atoms with Crippen molar-refractivity contribution in [2.45, 2.75) is 13.8 Å². The lowest BCUT2D eigenvalue weighted by atomic mass is 10.1. The highest BCUT2D eigenvalue weighted by atomic mass is 16.5. The van der Waals surface area contributed by atoms with E-state index in [0.29, 0.717) is 5.56 Å². The molecule has 0 saturated carbocycles. The Morgan fingerprint density at radius 3 is 2.39 bits per heavy atom. The molecule has 2 aromatic carbocycles. The molecular weight excluding hydrogens is 290 g/mol. The van der Waals surface area contributed by atoms with E-state index < -0.39 is 0 Å². The highest BCUT2D eigenvalue weighted by Gasteiger charge is 2.04. The summed E-state index contributed by atoms with van der Waals surface area (Å²) in [6.07, 6.45) is 3.16. The van der Waals surface area contributed by atoms with Gasteiger partial charge in [0.1, 0.15) is 0 Å². The number of hydrogen-bond acceptors (Lipinski definition) is 3. The maximum absolute atomic E-state index is 12.0. The lowest BCUT2D eigenvalue weighted by Crippen LogP contribution is -2.09. The molecule has 0 atom stereocenters. The average Bonchev–Trinajstić information content (AvgIpc) is 2.56. The van der Waals surface area contributed by atoms with Crippen molar-refractivity contribution in [1.82, 2.24) is 0 Å². The molecular formula is C19H19NO3. The van der Waals surface area contributed by atoms with E-state index in [9.17, 15) is 9.59 Å². The zero-order valence-corrected chi connectivity index (χ0v) is 13.4. The molecule has 4 heteroatoms. The van der Waals surface area contributed by atoms with Gasteiger partial charge in [0.05, 0.1) is 12.7 Å². The molecule has 2 rings (SSSR count). The molecule has 0 saturated heterocycles. The largest absolute Gasteiger partial charge is 0.465 e. The van der Waals surface area contributed by atoms with E-state index in [1.165, 1.54) is 13.2 Å². The van der Waals surface area contributed by atoms with Crippen molar-refractivity contribution < 1.29 is 14.3 Å². The standard InChI is InChI=1S/C19H19NO3/c1-13-4-5-14(2)17(12-13)20-18(21)11-8-15-6-9-16(10-7-15)19(22)23-3/h4-12H,1-3H3,(H,20,21)/b11-8+. The van der Waals surface area contributed by atoms with Gasteiger partial charge in [-0.2, -0.15) is 0 Å². The van der Waals surface area contributed by atoms with Crippen LogP contribution in [0.15, 0.2) is 48.5 Å². The van der Waals surface area contributed by atoms with Crippen LogP contribution in [0.4, 0.5) is 5.69 Å². The molecule has 0 unspecified atom stereocenters. The SMILES string of the molecule is COC(=O)c1ccc(/C=C/C(=O)Nc2cc(C)ccc2C)cc1. The first-order chi connectivity index (χ1) is 11.0. The van der Waals surface area contributed by atoms with Crippen molar-refractivity contribution >= 4 is 23.6 Å². The van der Waals surface area contributed by atoms with Gasteiger partial charge >= 0.3 is 5.97 Å². The maximum Gasteiger partial charge on any atom is 0.337 e. The second-order valence-corrected chi connectivity index (χ2v) is 5.25. The van der Waals surface area contributed by atoms with Crippen molar-refractivity contribution in [2.24, 2.45) is 0 Å². The van der Waals surface area contributed by atoms with Crippen LogP contribution < -0.4 is 5.32 Å². The average molecular weight is 309 g/mol. The number of methoxy groups -OCH3 is 1. The second-order valence-electron chi connectivity index (χ2n) is 5.25. The zero-order chi connectivity index (χ0) is 16.8. The summed E-state index contributed by atoms with van der Waals surface area (Å²) < 4.78 is 4.64. The first-order valence-electron chi connectivity index (χ1n) is 7.24. The number of nitrogens with one attached hydrogen (secondary N) is 1. The Bertz CT molecular complexity index is 746. The van der Waals surface area contributed by atoms with Crippen LogP contribution in [0.3, 0.4) is 0 Å². The highest BCUT2D eigenvalue weighted by molar-refractivity contribution is 6.02. The van der Waals surface area contributed by atoms with Crippen molar-refractivity contribution in [1.29, 1.82) is 0 Å². The third-order valence-corrected chi connectivity index (χ3v) is 3.41. The molecule has 0 aliphatic heterocycles. The van der Waals surface area contributed by atoms with Gasteiger partial charge in [-0.3, -0.25) is 4.79 Å². The number of ether oxygens (including phenoxy) is 1. The topological polar surface area (TPSA) is 55.4 Å². The Morgan fingerprint density at radius 1 is 1.04 bits per heavy atom. The number of rotatable bonds is 4. The van der Waals surface area contributed by atoms with E-state index in [4.69, 9.17) is 0 Å². The van der Waals surface area contributed by atoms with Gasteiger partial charge in [-0.05, 0) is 54.8 Å². The number of esters is 1. The summed E-state index contributed by atoms with van der Waals surface area (Å²) in [6, 6.07) is 12.8. The number of benzene rings is 2. The Hall–Kier alpha value is -2.88. The van der Waals surface area contributed by atoms with E-state index in [1.807, 2.05) is 32.0 Å². The smallest absolute Gasteiger partial charge is 0.337 e. The van der Waals surface area contributed by atoms with Crippen molar-refractivity contribution in [3.63, 3.8) is 0 Å². The van der Waals surface area contributed by atoms with E-state index in [0.717, 1.165) is 22.4 Å². The van der Waals surface area contributed by atoms with Crippen molar-refractivity contribution in [3.05, 3.63) is 70.8 Å². The predicted octanol–water partition coefficient (Wildman–Crippen LogP) is 3.74. The number of aryl methyl sites for hydroxylation is 2. The zero-order valence-electron chi connectivity index (χ0n) is 13.4. The maximum atomic E-state index is 12.0. The van der Waals surface area contributed by atoms with E-state index in [2.05, 4.69) is 10.1 Å². The molecule has 0 spiro atoms. The minimum absolute atomic E-state index is 0.198. The monoisotopic (exact) mass is 309 g/mol. The Kier molecular flexibility index (Phi) is 5.31. The van der Waals surface area contributed by atoms with Crippen LogP contribution in [-0.2, 0) is 9.53 Å². The molecule has 2 aromatic rings. The van der Waals surface area contributed by atoms with Gasteiger partial charge in [0.25, 0.3) is 0 Å². The Labute approximate surface area is 135 Å². The summed E-state index contributed by atoms with van der Waals surface area (Å²) in [5, 5.41) is 2.86. The Morgan fingerprint density at radius 2 is 1.74 bits per heavy atom. The van der Waals surface area contributed by atoms with Gasteiger partial charge < -0.3 is 10.1 Å². The molecule has 118 valence electrons. The third-order valence-electron chi connectivity index (χ3n) is 3.41. The minimum Gasteiger partial charge on any atom is -0.465 e. The molecule has 23 heavy (non-hydrogen) atoms. The number of carbonyl (C=O) groups is 2. The summed E-state index contributed by atoms with van der Waals surface area (Å²) in [7, 11) is 1.34. The molecule has 0 radical (unpaired) electrons. The van der Waals surface area contributed by atoms with Crippen LogP contribution in [0.25, 0.3) is 6.08 Å². The number of hydrogen-bond donors (Lipinski definition) is 1. The van der Waals surface area contributed by atoms with Gasteiger partial charge in [0.2, 0.25) is 5.91 Å². The normalized spacial score (nSPS) is 10.6. The predicted molar refractivity (Wildman–Crippen MR) is 91.4 cm³/mol. The summed E-state index contributed by atoms with van der Waals surface area (Å²) in [5.41, 5.74) is 4.21. The van der Waals surface area contributed by atoms with E-state index in [1.54, 1.807) is 30.3 Å². The summed E-state index contributed by atoms with van der Waals surface area (Å²) >= 11 is 0. The molecule has 1 N–H and O–H groups in total.